The van der Waals surface area contributed by atoms with E-state index in [9.17, 15) is 4.79 Å². The first-order chi connectivity index (χ1) is 9.27. The average molecular weight is 270 g/mol. The molecule has 0 aliphatic carbocycles. The fourth-order valence-corrected chi connectivity index (χ4v) is 2.50. The van der Waals surface area contributed by atoms with Gasteiger partial charge in [0.1, 0.15) is 5.78 Å². The minimum atomic E-state index is 0.343. The van der Waals surface area contributed by atoms with Gasteiger partial charge in [0.2, 0.25) is 0 Å². The molecule has 0 aromatic rings. The van der Waals surface area contributed by atoms with E-state index in [1.807, 2.05) is 0 Å². The van der Waals surface area contributed by atoms with E-state index in [0.717, 1.165) is 19.4 Å². The molecule has 0 aliphatic rings. The van der Waals surface area contributed by atoms with Crippen LogP contribution in [0.1, 0.15) is 96.8 Å². The molecular weight excluding hydrogens is 234 g/mol. The number of carbonyl (C=O) groups is 1. The molecule has 0 unspecified atom stereocenters. The van der Waals surface area contributed by atoms with Crippen molar-refractivity contribution in [3.05, 3.63) is 0 Å². The lowest BCUT2D eigenvalue weighted by atomic mass is 10.0. The van der Waals surface area contributed by atoms with E-state index in [0.29, 0.717) is 5.78 Å². The maximum absolute atomic E-state index is 10.8. The summed E-state index contributed by atoms with van der Waals surface area (Å²) in [7, 11) is 0. The van der Waals surface area contributed by atoms with Crippen LogP contribution in [0.2, 0.25) is 0 Å². The first-order valence-corrected chi connectivity index (χ1v) is 8.56. The maximum atomic E-state index is 10.8. The third-order valence-corrected chi connectivity index (χ3v) is 3.78. The smallest absolute Gasteiger partial charge is 0.129 e. The van der Waals surface area contributed by atoms with Gasteiger partial charge in [-0.2, -0.15) is 0 Å². The Hall–Kier alpha value is -0.370. The number of Topliss-reactive ketones (excluding diaryl/α,β-unsaturated/α-hetero) is 1. The lowest BCUT2D eigenvalue weighted by Crippen LogP contribution is -2.50. The molecule has 0 atom stereocenters. The molecular formula is C17H36NO+. The summed E-state index contributed by atoms with van der Waals surface area (Å²) < 4.78 is 0. The van der Waals surface area contributed by atoms with Crippen molar-refractivity contribution in [3.8, 4) is 0 Å². The summed E-state index contributed by atoms with van der Waals surface area (Å²) in [5.74, 6) is 0.343. The van der Waals surface area contributed by atoms with Crippen LogP contribution >= 0.6 is 0 Å². The van der Waals surface area contributed by atoms with Crippen LogP contribution < -0.4 is 5.73 Å². The zero-order valence-corrected chi connectivity index (χ0v) is 13.2. The third-order valence-electron chi connectivity index (χ3n) is 3.78. The van der Waals surface area contributed by atoms with E-state index in [-0.39, 0.29) is 0 Å². The van der Waals surface area contributed by atoms with E-state index < -0.39 is 0 Å². The van der Waals surface area contributed by atoms with Crippen LogP contribution in [0.3, 0.4) is 0 Å². The molecule has 0 aliphatic heterocycles. The monoisotopic (exact) mass is 270 g/mol. The summed E-state index contributed by atoms with van der Waals surface area (Å²) in [4.78, 5) is 10.8. The number of ketones is 1. The first-order valence-electron chi connectivity index (χ1n) is 8.56. The molecule has 114 valence electrons. The molecule has 0 heterocycles. The molecule has 2 heteroatoms. The van der Waals surface area contributed by atoms with Crippen molar-refractivity contribution >= 4 is 5.78 Å². The highest BCUT2D eigenvalue weighted by Crippen LogP contribution is 2.12. The van der Waals surface area contributed by atoms with Gasteiger partial charge in [0.15, 0.2) is 0 Å². The number of rotatable bonds is 15. The van der Waals surface area contributed by atoms with Gasteiger partial charge in [-0.05, 0) is 26.2 Å². The van der Waals surface area contributed by atoms with Gasteiger partial charge in [-0.3, -0.25) is 0 Å². The number of quaternary nitrogens is 1. The quantitative estimate of drug-likeness (QED) is 0.444. The van der Waals surface area contributed by atoms with Crippen LogP contribution in [0.5, 0.6) is 0 Å². The molecule has 0 aromatic carbocycles. The molecule has 19 heavy (non-hydrogen) atoms. The highest BCUT2D eigenvalue weighted by Gasteiger charge is 1.95. The van der Waals surface area contributed by atoms with E-state index in [1.165, 1.54) is 77.0 Å². The number of unbranched alkanes of at least 4 members (excludes halogenated alkanes) is 12. The first kappa shape index (κ1) is 18.6. The van der Waals surface area contributed by atoms with E-state index in [2.05, 4.69) is 5.73 Å². The predicted molar refractivity (Wildman–Crippen MR) is 83.1 cm³/mol. The number of hydrogen-bond acceptors (Lipinski definition) is 1. The zero-order chi connectivity index (χ0) is 14.2. The highest BCUT2D eigenvalue weighted by molar-refractivity contribution is 5.75. The minimum absolute atomic E-state index is 0.343. The van der Waals surface area contributed by atoms with Crippen LogP contribution in [0, 0.1) is 0 Å². The maximum Gasteiger partial charge on any atom is 0.129 e. The number of hydrogen-bond donors (Lipinski definition) is 1. The van der Waals surface area contributed by atoms with E-state index >= 15 is 0 Å². The van der Waals surface area contributed by atoms with E-state index in [1.54, 1.807) is 6.92 Å². The molecule has 0 rings (SSSR count). The molecule has 0 aromatic heterocycles. The van der Waals surface area contributed by atoms with Crippen molar-refractivity contribution < 1.29 is 10.5 Å². The molecule has 3 N–H and O–H groups in total. The van der Waals surface area contributed by atoms with Crippen LogP contribution in [-0.2, 0) is 4.79 Å². The van der Waals surface area contributed by atoms with Crippen LogP contribution in [0.15, 0.2) is 0 Å². The number of carbonyl (C=O) groups excluding carboxylic acids is 1. The lowest BCUT2D eigenvalue weighted by molar-refractivity contribution is -0.368. The van der Waals surface area contributed by atoms with Gasteiger partial charge in [0.05, 0.1) is 6.54 Å². The average Bonchev–Trinajstić information content (AvgIpc) is 2.39. The summed E-state index contributed by atoms with van der Waals surface area (Å²) in [5, 5.41) is 0. The summed E-state index contributed by atoms with van der Waals surface area (Å²) in [5.41, 5.74) is 3.87. The largest absolute Gasteiger partial charge is 0.358 e. The van der Waals surface area contributed by atoms with Crippen molar-refractivity contribution in [2.75, 3.05) is 6.54 Å². The van der Waals surface area contributed by atoms with Crippen LogP contribution in [-0.4, -0.2) is 12.3 Å². The standard InChI is InChI=1S/C17H35NO/c1-17(19)15-13-11-9-7-5-3-2-4-6-8-10-12-14-16-18/h2-16,18H2,1H3/p+1. The van der Waals surface area contributed by atoms with Crippen LogP contribution in [0.4, 0.5) is 0 Å². The molecule has 2 nitrogen and oxygen atoms in total. The van der Waals surface area contributed by atoms with Crippen molar-refractivity contribution in [1.82, 2.24) is 0 Å². The Balaban J connectivity index is 2.93. The van der Waals surface area contributed by atoms with Gasteiger partial charge in [-0.1, -0.05) is 64.2 Å². The van der Waals surface area contributed by atoms with Crippen molar-refractivity contribution in [2.24, 2.45) is 0 Å². The zero-order valence-electron chi connectivity index (χ0n) is 13.2. The Kier molecular flexibility index (Phi) is 15.4. The Morgan fingerprint density at radius 2 is 0.947 bits per heavy atom. The second kappa shape index (κ2) is 15.7. The summed E-state index contributed by atoms with van der Waals surface area (Å²) in [6, 6.07) is 0. The Morgan fingerprint density at radius 3 is 1.26 bits per heavy atom. The third kappa shape index (κ3) is 17.6. The van der Waals surface area contributed by atoms with E-state index in [4.69, 9.17) is 0 Å². The molecule has 0 spiro atoms. The summed E-state index contributed by atoms with van der Waals surface area (Å²) in [6.07, 6.45) is 18.4. The summed E-state index contributed by atoms with van der Waals surface area (Å²) >= 11 is 0. The van der Waals surface area contributed by atoms with Gasteiger partial charge in [0.25, 0.3) is 0 Å². The fraction of sp³-hybridized carbons (Fsp3) is 0.941. The molecule has 0 amide bonds. The summed E-state index contributed by atoms with van der Waals surface area (Å²) in [6.45, 7) is 2.80. The fourth-order valence-electron chi connectivity index (χ4n) is 2.50. The lowest BCUT2D eigenvalue weighted by Gasteiger charge is -2.02. The van der Waals surface area contributed by atoms with Crippen LogP contribution in [0.25, 0.3) is 0 Å². The molecule has 0 saturated carbocycles. The Morgan fingerprint density at radius 1 is 0.632 bits per heavy atom. The minimum Gasteiger partial charge on any atom is -0.358 e. The molecule has 0 bridgehead atoms. The van der Waals surface area contributed by atoms with Gasteiger partial charge in [-0.15, -0.1) is 0 Å². The van der Waals surface area contributed by atoms with Crippen molar-refractivity contribution in [1.29, 1.82) is 0 Å². The van der Waals surface area contributed by atoms with Crippen molar-refractivity contribution in [3.63, 3.8) is 0 Å². The topological polar surface area (TPSA) is 44.7 Å². The van der Waals surface area contributed by atoms with Gasteiger partial charge in [0, 0.05) is 6.42 Å². The predicted octanol–water partition coefficient (Wildman–Crippen LogP) is 4.28. The van der Waals surface area contributed by atoms with Gasteiger partial charge in [-0.25, -0.2) is 0 Å². The Labute approximate surface area is 120 Å². The van der Waals surface area contributed by atoms with Gasteiger partial charge < -0.3 is 10.5 Å². The second-order valence-corrected chi connectivity index (χ2v) is 5.90. The SMILES string of the molecule is CC(=O)CCCCCCCCCCCCCCC[NH3+]. The Bertz CT molecular complexity index is 192. The molecule has 0 fully saturated rings. The molecule has 0 radical (unpaired) electrons. The normalized spacial score (nSPS) is 10.8. The second-order valence-electron chi connectivity index (χ2n) is 5.90. The molecule has 0 saturated heterocycles. The van der Waals surface area contributed by atoms with Gasteiger partial charge >= 0.3 is 0 Å². The highest BCUT2D eigenvalue weighted by atomic mass is 16.1. The van der Waals surface area contributed by atoms with Crippen molar-refractivity contribution in [2.45, 2.75) is 96.8 Å².